The third-order valence-electron chi connectivity index (χ3n) is 3.13. The van der Waals surface area contributed by atoms with Crippen molar-refractivity contribution in [2.75, 3.05) is 0 Å². The maximum Gasteiger partial charge on any atom is 0.296 e. The van der Waals surface area contributed by atoms with Gasteiger partial charge < -0.3 is 10.6 Å². The fourth-order valence-corrected chi connectivity index (χ4v) is 2.19. The molecule has 0 saturated carbocycles. The fourth-order valence-electron chi connectivity index (χ4n) is 2.19. The highest BCUT2D eigenvalue weighted by atomic mass is 16.2. The molecule has 1 heterocycles. The SMILES string of the molecule is CC(C)C#CC(=O)N[C@@H]1CCC(=O)N[C@H]1C(C)(C)C. The predicted molar refractivity (Wildman–Crippen MR) is 75.2 cm³/mol. The van der Waals surface area contributed by atoms with Crippen LogP contribution >= 0.6 is 0 Å². The van der Waals surface area contributed by atoms with Crippen LogP contribution in [-0.2, 0) is 9.59 Å². The van der Waals surface area contributed by atoms with E-state index in [9.17, 15) is 9.59 Å². The molecule has 106 valence electrons. The van der Waals surface area contributed by atoms with E-state index in [4.69, 9.17) is 0 Å². The molecule has 0 unspecified atom stereocenters. The molecule has 2 amide bonds. The second-order valence-corrected chi connectivity index (χ2v) is 6.45. The smallest absolute Gasteiger partial charge is 0.296 e. The maximum atomic E-state index is 11.8. The molecular formula is C15H24N2O2. The van der Waals surface area contributed by atoms with E-state index in [1.165, 1.54) is 0 Å². The van der Waals surface area contributed by atoms with E-state index < -0.39 is 0 Å². The molecule has 0 aliphatic carbocycles. The number of hydrogen-bond donors (Lipinski definition) is 2. The second-order valence-electron chi connectivity index (χ2n) is 6.45. The molecule has 19 heavy (non-hydrogen) atoms. The van der Waals surface area contributed by atoms with Crippen molar-refractivity contribution in [3.8, 4) is 11.8 Å². The van der Waals surface area contributed by atoms with Gasteiger partial charge in [0.2, 0.25) is 5.91 Å². The summed E-state index contributed by atoms with van der Waals surface area (Å²) in [5.74, 6) is 5.42. The highest BCUT2D eigenvalue weighted by Gasteiger charge is 2.37. The molecule has 0 aromatic heterocycles. The van der Waals surface area contributed by atoms with Crippen molar-refractivity contribution in [2.45, 2.75) is 59.5 Å². The minimum Gasteiger partial charge on any atom is -0.351 e. The molecule has 1 aliphatic heterocycles. The van der Waals surface area contributed by atoms with Crippen LogP contribution in [0.4, 0.5) is 0 Å². The van der Waals surface area contributed by atoms with Gasteiger partial charge in [-0.15, -0.1) is 0 Å². The van der Waals surface area contributed by atoms with Crippen molar-refractivity contribution < 1.29 is 9.59 Å². The van der Waals surface area contributed by atoms with E-state index >= 15 is 0 Å². The Bertz CT molecular complexity index is 410. The number of carbonyl (C=O) groups excluding carboxylic acids is 2. The van der Waals surface area contributed by atoms with Crippen LogP contribution < -0.4 is 10.6 Å². The van der Waals surface area contributed by atoms with Crippen molar-refractivity contribution in [3.05, 3.63) is 0 Å². The number of hydrogen-bond acceptors (Lipinski definition) is 2. The zero-order valence-electron chi connectivity index (χ0n) is 12.5. The Kier molecular flexibility index (Phi) is 4.99. The van der Waals surface area contributed by atoms with Crippen LogP contribution in [0.15, 0.2) is 0 Å². The summed E-state index contributed by atoms with van der Waals surface area (Å²) in [4.78, 5) is 23.3. The summed E-state index contributed by atoms with van der Waals surface area (Å²) in [5, 5.41) is 5.90. The highest BCUT2D eigenvalue weighted by molar-refractivity contribution is 5.94. The second kappa shape index (κ2) is 6.10. The monoisotopic (exact) mass is 264 g/mol. The molecular weight excluding hydrogens is 240 g/mol. The molecule has 2 N–H and O–H groups in total. The zero-order chi connectivity index (χ0) is 14.6. The number of nitrogens with one attached hydrogen (secondary N) is 2. The Labute approximate surface area is 115 Å². The quantitative estimate of drug-likeness (QED) is 0.704. The third-order valence-corrected chi connectivity index (χ3v) is 3.13. The number of piperidine rings is 1. The van der Waals surface area contributed by atoms with E-state index in [2.05, 4.69) is 43.2 Å². The largest absolute Gasteiger partial charge is 0.351 e. The van der Waals surface area contributed by atoms with Gasteiger partial charge in [-0.1, -0.05) is 40.5 Å². The van der Waals surface area contributed by atoms with E-state index in [1.54, 1.807) is 0 Å². The Morgan fingerprint density at radius 3 is 2.58 bits per heavy atom. The number of amides is 2. The van der Waals surface area contributed by atoms with E-state index in [-0.39, 0.29) is 35.2 Å². The standard InChI is InChI=1S/C15H24N2O2/c1-10(2)6-8-12(18)16-11-7-9-13(19)17-14(11)15(3,4)5/h10-11,14H,7,9H2,1-5H3,(H,16,18)(H,17,19)/t11-,14-/m1/s1. The Morgan fingerprint density at radius 2 is 2.05 bits per heavy atom. The summed E-state index contributed by atoms with van der Waals surface area (Å²) in [6, 6.07) is -0.106. The van der Waals surface area contributed by atoms with Crippen LogP contribution in [-0.4, -0.2) is 23.9 Å². The summed E-state index contributed by atoms with van der Waals surface area (Å²) in [7, 11) is 0. The van der Waals surface area contributed by atoms with Crippen LogP contribution in [0.2, 0.25) is 0 Å². The molecule has 0 aromatic rings. The van der Waals surface area contributed by atoms with Gasteiger partial charge in [-0.05, 0) is 17.8 Å². The summed E-state index contributed by atoms with van der Waals surface area (Å²) >= 11 is 0. The lowest BCUT2D eigenvalue weighted by molar-refractivity contribution is -0.126. The lowest BCUT2D eigenvalue weighted by Gasteiger charge is -2.40. The van der Waals surface area contributed by atoms with Gasteiger partial charge in [0.25, 0.3) is 5.91 Å². The lowest BCUT2D eigenvalue weighted by atomic mass is 9.79. The van der Waals surface area contributed by atoms with Crippen molar-refractivity contribution in [1.29, 1.82) is 0 Å². The number of rotatable bonds is 1. The first-order valence-electron chi connectivity index (χ1n) is 6.81. The molecule has 2 atom stereocenters. The first-order valence-corrected chi connectivity index (χ1v) is 6.81. The minimum atomic E-state index is -0.260. The molecule has 1 rings (SSSR count). The van der Waals surface area contributed by atoms with E-state index in [0.717, 1.165) is 0 Å². The van der Waals surface area contributed by atoms with Gasteiger partial charge in [0.1, 0.15) is 0 Å². The molecule has 1 saturated heterocycles. The average molecular weight is 264 g/mol. The summed E-state index contributed by atoms with van der Waals surface area (Å²) in [5.41, 5.74) is -0.0977. The zero-order valence-corrected chi connectivity index (χ0v) is 12.5. The van der Waals surface area contributed by atoms with Gasteiger partial charge in [0.05, 0.1) is 12.1 Å². The van der Waals surface area contributed by atoms with Gasteiger partial charge in [-0.25, -0.2) is 0 Å². The van der Waals surface area contributed by atoms with Gasteiger partial charge in [0.15, 0.2) is 0 Å². The summed E-state index contributed by atoms with van der Waals surface area (Å²) in [6.45, 7) is 10.1. The molecule has 0 aromatic carbocycles. The van der Waals surface area contributed by atoms with Crippen LogP contribution in [0.1, 0.15) is 47.5 Å². The molecule has 4 heteroatoms. The van der Waals surface area contributed by atoms with Crippen LogP contribution in [0.5, 0.6) is 0 Å². The topological polar surface area (TPSA) is 58.2 Å². The normalized spacial score (nSPS) is 23.4. The average Bonchev–Trinajstić information content (AvgIpc) is 2.27. The molecule has 0 radical (unpaired) electrons. The number of carbonyl (C=O) groups is 2. The minimum absolute atomic E-state index is 0.0494. The fraction of sp³-hybridized carbons (Fsp3) is 0.733. The summed E-state index contributed by atoms with van der Waals surface area (Å²) in [6.07, 6.45) is 1.12. The molecule has 0 spiro atoms. The van der Waals surface area contributed by atoms with Crippen molar-refractivity contribution in [2.24, 2.45) is 11.3 Å². The van der Waals surface area contributed by atoms with Crippen molar-refractivity contribution >= 4 is 11.8 Å². The van der Waals surface area contributed by atoms with Crippen LogP contribution in [0.25, 0.3) is 0 Å². The predicted octanol–water partition coefficient (Wildman–Crippen LogP) is 1.46. The third kappa shape index (κ3) is 4.94. The first kappa shape index (κ1) is 15.6. The van der Waals surface area contributed by atoms with E-state index in [1.807, 2.05) is 13.8 Å². The van der Waals surface area contributed by atoms with Gasteiger partial charge in [-0.2, -0.15) is 0 Å². The Hall–Kier alpha value is -1.50. The summed E-state index contributed by atoms with van der Waals surface area (Å²) < 4.78 is 0. The highest BCUT2D eigenvalue weighted by Crippen LogP contribution is 2.26. The van der Waals surface area contributed by atoms with Gasteiger partial charge in [0, 0.05) is 12.3 Å². The van der Waals surface area contributed by atoms with Gasteiger partial charge in [-0.3, -0.25) is 9.59 Å². The van der Waals surface area contributed by atoms with Crippen LogP contribution in [0, 0.1) is 23.2 Å². The van der Waals surface area contributed by atoms with Crippen molar-refractivity contribution in [1.82, 2.24) is 10.6 Å². The molecule has 0 bridgehead atoms. The first-order chi connectivity index (χ1) is 8.70. The van der Waals surface area contributed by atoms with Crippen molar-refractivity contribution in [3.63, 3.8) is 0 Å². The Morgan fingerprint density at radius 1 is 1.42 bits per heavy atom. The molecule has 4 nitrogen and oxygen atoms in total. The van der Waals surface area contributed by atoms with E-state index in [0.29, 0.717) is 12.8 Å². The molecule has 1 fully saturated rings. The lowest BCUT2D eigenvalue weighted by Crippen LogP contribution is -2.60. The van der Waals surface area contributed by atoms with Crippen LogP contribution in [0.3, 0.4) is 0 Å². The molecule has 1 aliphatic rings. The maximum absolute atomic E-state index is 11.8. The Balaban J connectivity index is 2.72. The van der Waals surface area contributed by atoms with Gasteiger partial charge >= 0.3 is 0 Å².